The molecule has 1 saturated heterocycles. The number of hydrogen-bond donors (Lipinski definition) is 1. The summed E-state index contributed by atoms with van der Waals surface area (Å²) in [5.41, 5.74) is -0.802. The predicted molar refractivity (Wildman–Crippen MR) is 87.9 cm³/mol. The maximum atomic E-state index is 12.5. The van der Waals surface area contributed by atoms with Crippen molar-refractivity contribution >= 4 is 11.9 Å². The molecule has 1 aliphatic carbocycles. The molecule has 0 aromatic carbocycles. The second-order valence-electron chi connectivity index (χ2n) is 7.42. The van der Waals surface area contributed by atoms with Crippen LogP contribution in [0.3, 0.4) is 0 Å². The van der Waals surface area contributed by atoms with Crippen molar-refractivity contribution in [3.63, 3.8) is 0 Å². The van der Waals surface area contributed by atoms with Gasteiger partial charge < -0.3 is 9.47 Å². The zero-order valence-electron chi connectivity index (χ0n) is 14.9. The molecule has 23 heavy (non-hydrogen) atoms. The van der Waals surface area contributed by atoms with Gasteiger partial charge in [-0.05, 0) is 52.9 Å². The molecule has 0 spiro atoms. The molecule has 0 bridgehead atoms. The second kappa shape index (κ2) is 7.65. The smallest absolute Gasteiger partial charge is 0.326 e. The van der Waals surface area contributed by atoms with E-state index in [2.05, 4.69) is 5.32 Å². The number of nitrogens with one attached hydrogen (secondary N) is 1. The Morgan fingerprint density at radius 1 is 1.22 bits per heavy atom. The minimum Gasteiger partial charge on any atom is -0.466 e. The summed E-state index contributed by atoms with van der Waals surface area (Å²) in [7, 11) is 0. The molecule has 2 rings (SSSR count). The van der Waals surface area contributed by atoms with E-state index >= 15 is 0 Å². The fourth-order valence-electron chi connectivity index (χ4n) is 4.00. The first-order valence-corrected chi connectivity index (χ1v) is 9.02. The molecule has 5 heteroatoms. The fourth-order valence-corrected chi connectivity index (χ4v) is 4.00. The van der Waals surface area contributed by atoms with Crippen LogP contribution in [0.2, 0.25) is 0 Å². The minimum atomic E-state index is -0.802. The van der Waals surface area contributed by atoms with Gasteiger partial charge in [-0.25, -0.2) is 0 Å². The first kappa shape index (κ1) is 18.2. The van der Waals surface area contributed by atoms with Gasteiger partial charge in [0.2, 0.25) is 0 Å². The second-order valence-corrected chi connectivity index (χ2v) is 7.42. The molecule has 0 aromatic heterocycles. The van der Waals surface area contributed by atoms with Crippen molar-refractivity contribution < 1.29 is 19.1 Å². The van der Waals surface area contributed by atoms with Gasteiger partial charge in [-0.1, -0.05) is 19.3 Å². The Hall–Kier alpha value is -1.10. The van der Waals surface area contributed by atoms with Crippen LogP contribution in [0.4, 0.5) is 0 Å². The first-order valence-electron chi connectivity index (χ1n) is 9.02. The quantitative estimate of drug-likeness (QED) is 0.788. The summed E-state index contributed by atoms with van der Waals surface area (Å²) in [6, 6.07) is 0.0130. The average Bonchev–Trinajstić information content (AvgIpc) is 2.87. The molecule has 2 aliphatic rings. The van der Waals surface area contributed by atoms with Gasteiger partial charge >= 0.3 is 11.9 Å². The van der Waals surface area contributed by atoms with Gasteiger partial charge in [-0.3, -0.25) is 14.9 Å². The number of rotatable bonds is 5. The summed E-state index contributed by atoms with van der Waals surface area (Å²) in [6.07, 6.45) is 6.19. The highest BCUT2D eigenvalue weighted by molar-refractivity contribution is 5.84. The lowest BCUT2D eigenvalue weighted by atomic mass is 9.79. The highest BCUT2D eigenvalue weighted by atomic mass is 16.5. The Labute approximate surface area is 139 Å². The van der Waals surface area contributed by atoms with Gasteiger partial charge in [0, 0.05) is 6.04 Å². The number of esters is 2. The Morgan fingerprint density at radius 3 is 2.43 bits per heavy atom. The standard InChI is InChI=1S/C18H31NO4/c1-5-22-16(20)14-11-18(4,17(21)23-12(2)3)19-15(14)13-9-7-6-8-10-13/h12-15,19H,5-11H2,1-4H3/t14-,15-,18?/m1/s1. The minimum absolute atomic E-state index is 0.0130. The molecule has 1 aliphatic heterocycles. The molecule has 0 aromatic rings. The maximum absolute atomic E-state index is 12.5. The summed E-state index contributed by atoms with van der Waals surface area (Å²) >= 11 is 0. The molecular weight excluding hydrogens is 294 g/mol. The van der Waals surface area contributed by atoms with Crippen molar-refractivity contribution in [3.05, 3.63) is 0 Å². The lowest BCUT2D eigenvalue weighted by molar-refractivity contribution is -0.154. The fraction of sp³-hybridized carbons (Fsp3) is 0.889. The molecule has 3 atom stereocenters. The van der Waals surface area contributed by atoms with Crippen LogP contribution in [0.5, 0.6) is 0 Å². The van der Waals surface area contributed by atoms with E-state index in [0.717, 1.165) is 12.8 Å². The summed E-state index contributed by atoms with van der Waals surface area (Å²) in [6.45, 7) is 7.74. The Bertz CT molecular complexity index is 431. The summed E-state index contributed by atoms with van der Waals surface area (Å²) < 4.78 is 10.7. The summed E-state index contributed by atoms with van der Waals surface area (Å²) in [5, 5.41) is 3.46. The number of carbonyl (C=O) groups excluding carboxylic acids is 2. The van der Waals surface area contributed by atoms with Crippen LogP contribution in [0.25, 0.3) is 0 Å². The van der Waals surface area contributed by atoms with Crippen LogP contribution in [0.1, 0.15) is 66.2 Å². The zero-order chi connectivity index (χ0) is 17.0. The van der Waals surface area contributed by atoms with Crippen LogP contribution in [0.15, 0.2) is 0 Å². The topological polar surface area (TPSA) is 64.6 Å². The van der Waals surface area contributed by atoms with Crippen LogP contribution < -0.4 is 5.32 Å². The summed E-state index contributed by atoms with van der Waals surface area (Å²) in [4.78, 5) is 24.9. The summed E-state index contributed by atoms with van der Waals surface area (Å²) in [5.74, 6) is -0.272. The largest absolute Gasteiger partial charge is 0.466 e. The predicted octanol–water partition coefficient (Wildman–Crippen LogP) is 2.82. The van der Waals surface area contributed by atoms with E-state index in [-0.39, 0.29) is 30.0 Å². The molecule has 0 radical (unpaired) electrons. The van der Waals surface area contributed by atoms with Crippen molar-refractivity contribution in [3.8, 4) is 0 Å². The molecule has 1 saturated carbocycles. The van der Waals surface area contributed by atoms with E-state index in [4.69, 9.17) is 9.47 Å². The van der Waals surface area contributed by atoms with Crippen LogP contribution in [0, 0.1) is 11.8 Å². The van der Waals surface area contributed by atoms with E-state index in [9.17, 15) is 9.59 Å². The number of ether oxygens (including phenoxy) is 2. The molecule has 0 amide bonds. The average molecular weight is 325 g/mol. The Balaban J connectivity index is 2.16. The highest BCUT2D eigenvalue weighted by Gasteiger charge is 2.52. The highest BCUT2D eigenvalue weighted by Crippen LogP contribution is 2.39. The van der Waals surface area contributed by atoms with E-state index in [1.807, 2.05) is 27.7 Å². The maximum Gasteiger partial charge on any atom is 0.326 e. The molecular formula is C18H31NO4. The molecule has 1 heterocycles. The monoisotopic (exact) mass is 325 g/mol. The zero-order valence-corrected chi connectivity index (χ0v) is 14.9. The van der Waals surface area contributed by atoms with Crippen LogP contribution >= 0.6 is 0 Å². The van der Waals surface area contributed by atoms with Gasteiger partial charge in [0.1, 0.15) is 5.54 Å². The van der Waals surface area contributed by atoms with Crippen molar-refractivity contribution in [2.45, 2.75) is 83.9 Å². The van der Waals surface area contributed by atoms with E-state index in [1.165, 1.54) is 19.3 Å². The normalized spacial score (nSPS) is 32.0. The van der Waals surface area contributed by atoms with Crippen molar-refractivity contribution in [2.75, 3.05) is 6.61 Å². The van der Waals surface area contributed by atoms with Gasteiger partial charge in [-0.2, -0.15) is 0 Å². The molecule has 1 unspecified atom stereocenters. The molecule has 132 valence electrons. The van der Waals surface area contributed by atoms with Gasteiger partial charge in [0.05, 0.1) is 18.6 Å². The lowest BCUT2D eigenvalue weighted by Gasteiger charge is -2.32. The third-order valence-corrected chi connectivity index (χ3v) is 5.09. The Morgan fingerprint density at radius 2 is 1.87 bits per heavy atom. The SMILES string of the molecule is CCOC(=O)[C@@H]1CC(C)(C(=O)OC(C)C)N[C@@H]1C1CCCCC1. The first-order chi connectivity index (χ1) is 10.9. The molecule has 2 fully saturated rings. The third kappa shape index (κ3) is 4.25. The van der Waals surface area contributed by atoms with Crippen molar-refractivity contribution in [2.24, 2.45) is 11.8 Å². The number of hydrogen-bond acceptors (Lipinski definition) is 5. The number of carbonyl (C=O) groups is 2. The third-order valence-electron chi connectivity index (χ3n) is 5.09. The van der Waals surface area contributed by atoms with E-state index in [1.54, 1.807) is 0 Å². The van der Waals surface area contributed by atoms with Crippen molar-refractivity contribution in [1.29, 1.82) is 0 Å². The van der Waals surface area contributed by atoms with Gasteiger partial charge in [0.15, 0.2) is 0 Å². The van der Waals surface area contributed by atoms with E-state index < -0.39 is 5.54 Å². The van der Waals surface area contributed by atoms with E-state index in [0.29, 0.717) is 18.9 Å². The molecule has 1 N–H and O–H groups in total. The molecule has 5 nitrogen and oxygen atoms in total. The van der Waals surface area contributed by atoms with Gasteiger partial charge in [0.25, 0.3) is 0 Å². The lowest BCUT2D eigenvalue weighted by Crippen LogP contribution is -2.51. The van der Waals surface area contributed by atoms with Crippen molar-refractivity contribution in [1.82, 2.24) is 5.32 Å². The Kier molecular flexibility index (Phi) is 6.06. The van der Waals surface area contributed by atoms with Gasteiger partial charge in [-0.15, -0.1) is 0 Å². The van der Waals surface area contributed by atoms with Crippen LogP contribution in [-0.4, -0.2) is 36.2 Å². The van der Waals surface area contributed by atoms with Crippen LogP contribution in [-0.2, 0) is 19.1 Å².